The zero-order valence-electron chi connectivity index (χ0n) is 15.2. The van der Waals surface area contributed by atoms with Gasteiger partial charge in [-0.25, -0.2) is 0 Å². The molecule has 1 heterocycles. The summed E-state index contributed by atoms with van der Waals surface area (Å²) in [6, 6.07) is 16.8. The molecule has 0 bridgehead atoms. The molecule has 7 nitrogen and oxygen atoms in total. The van der Waals surface area contributed by atoms with Crippen molar-refractivity contribution in [3.8, 4) is 0 Å². The highest BCUT2D eigenvalue weighted by Crippen LogP contribution is 2.19. The normalized spacial score (nSPS) is 10.3. The van der Waals surface area contributed by atoms with Crippen molar-refractivity contribution in [3.05, 3.63) is 86.6 Å². The van der Waals surface area contributed by atoms with Crippen molar-refractivity contribution in [2.45, 2.75) is 5.75 Å². The van der Waals surface area contributed by atoms with Crippen molar-refractivity contribution in [1.29, 1.82) is 0 Å². The molecule has 0 unspecified atom stereocenters. The molecule has 0 atom stereocenters. The SMILES string of the molecule is O=C(CSCc1ccc([N+](=O)[O-])cc1)Nc1ccc(NC(=O)c2cccs2)cc1. The Hall–Kier alpha value is -3.17. The van der Waals surface area contributed by atoms with Crippen molar-refractivity contribution in [3.63, 3.8) is 0 Å². The van der Waals surface area contributed by atoms with Crippen LogP contribution in [0.3, 0.4) is 0 Å². The van der Waals surface area contributed by atoms with Crippen LogP contribution in [0.2, 0.25) is 0 Å². The molecule has 0 aliphatic carbocycles. The quantitative estimate of drug-likeness (QED) is 0.398. The number of carbonyl (C=O) groups excluding carboxylic acids is 2. The first-order valence-electron chi connectivity index (χ1n) is 8.57. The van der Waals surface area contributed by atoms with E-state index in [9.17, 15) is 19.7 Å². The highest BCUT2D eigenvalue weighted by atomic mass is 32.2. The second-order valence-electron chi connectivity index (χ2n) is 5.97. The van der Waals surface area contributed by atoms with Gasteiger partial charge in [-0.2, -0.15) is 0 Å². The smallest absolute Gasteiger partial charge is 0.269 e. The lowest BCUT2D eigenvalue weighted by atomic mass is 10.2. The number of hydrogen-bond donors (Lipinski definition) is 2. The lowest BCUT2D eigenvalue weighted by molar-refractivity contribution is -0.384. The average Bonchev–Trinajstić information content (AvgIpc) is 3.25. The van der Waals surface area contributed by atoms with Gasteiger partial charge in [0.2, 0.25) is 5.91 Å². The zero-order chi connectivity index (χ0) is 20.6. The molecule has 0 aliphatic rings. The first-order valence-corrected chi connectivity index (χ1v) is 10.6. The third kappa shape index (κ3) is 6.16. The van der Waals surface area contributed by atoms with E-state index in [0.29, 0.717) is 22.0 Å². The molecule has 2 amide bonds. The van der Waals surface area contributed by atoms with E-state index in [0.717, 1.165) is 5.56 Å². The summed E-state index contributed by atoms with van der Waals surface area (Å²) in [4.78, 5) is 34.9. The van der Waals surface area contributed by atoms with Gasteiger partial charge in [-0.1, -0.05) is 18.2 Å². The predicted molar refractivity (Wildman–Crippen MR) is 117 cm³/mol. The number of thiophene rings is 1. The number of nitro benzene ring substituents is 1. The van der Waals surface area contributed by atoms with Gasteiger partial charge in [-0.3, -0.25) is 19.7 Å². The molecule has 0 saturated heterocycles. The van der Waals surface area contributed by atoms with E-state index in [1.54, 1.807) is 42.5 Å². The van der Waals surface area contributed by atoms with Crippen LogP contribution in [0.25, 0.3) is 0 Å². The maximum Gasteiger partial charge on any atom is 0.269 e. The summed E-state index contributed by atoms with van der Waals surface area (Å²) in [6.45, 7) is 0. The van der Waals surface area contributed by atoms with Crippen molar-refractivity contribution >= 4 is 52.0 Å². The van der Waals surface area contributed by atoms with Gasteiger partial charge < -0.3 is 10.6 Å². The summed E-state index contributed by atoms with van der Waals surface area (Å²) >= 11 is 2.79. The standard InChI is InChI=1S/C20H17N3O4S2/c24-19(13-28-12-14-3-9-17(10-4-14)23(26)27)21-15-5-7-16(8-6-15)22-20(25)18-2-1-11-29-18/h1-11H,12-13H2,(H,21,24)(H,22,25). The summed E-state index contributed by atoms with van der Waals surface area (Å²) in [5.74, 6) is 0.527. The molecule has 1 aromatic heterocycles. The van der Waals surface area contributed by atoms with E-state index < -0.39 is 4.92 Å². The van der Waals surface area contributed by atoms with Gasteiger partial charge in [-0.05, 0) is 41.3 Å². The van der Waals surface area contributed by atoms with Crippen LogP contribution in [-0.2, 0) is 10.5 Å². The summed E-state index contributed by atoms with van der Waals surface area (Å²) in [5.41, 5.74) is 2.25. The fourth-order valence-corrected chi connectivity index (χ4v) is 3.82. The Bertz CT molecular complexity index is 988. The third-order valence-corrected chi connectivity index (χ3v) is 5.69. The highest BCUT2D eigenvalue weighted by molar-refractivity contribution is 7.99. The van der Waals surface area contributed by atoms with E-state index in [2.05, 4.69) is 10.6 Å². The van der Waals surface area contributed by atoms with Crippen molar-refractivity contribution in [1.82, 2.24) is 0 Å². The summed E-state index contributed by atoms with van der Waals surface area (Å²) in [5, 5.41) is 18.1. The summed E-state index contributed by atoms with van der Waals surface area (Å²) in [7, 11) is 0. The molecule has 0 radical (unpaired) electrons. The fourth-order valence-electron chi connectivity index (χ4n) is 2.41. The molecule has 3 rings (SSSR count). The van der Waals surface area contributed by atoms with E-state index in [-0.39, 0.29) is 23.3 Å². The summed E-state index contributed by atoms with van der Waals surface area (Å²) < 4.78 is 0. The van der Waals surface area contributed by atoms with Gasteiger partial charge in [0, 0.05) is 29.3 Å². The van der Waals surface area contributed by atoms with Crippen LogP contribution in [0.15, 0.2) is 66.0 Å². The predicted octanol–water partition coefficient (Wildman–Crippen LogP) is 4.78. The number of anilines is 2. The second kappa shape index (κ2) is 9.85. The van der Waals surface area contributed by atoms with Gasteiger partial charge in [0.1, 0.15) is 0 Å². The molecule has 3 aromatic rings. The number of hydrogen-bond acceptors (Lipinski definition) is 6. The van der Waals surface area contributed by atoms with E-state index in [4.69, 9.17) is 0 Å². The lowest BCUT2D eigenvalue weighted by Crippen LogP contribution is -2.14. The van der Waals surface area contributed by atoms with Gasteiger partial charge in [0.25, 0.3) is 11.6 Å². The van der Waals surface area contributed by atoms with Crippen LogP contribution in [0, 0.1) is 10.1 Å². The van der Waals surface area contributed by atoms with Crippen LogP contribution in [-0.4, -0.2) is 22.5 Å². The van der Waals surface area contributed by atoms with Crippen molar-refractivity contribution < 1.29 is 14.5 Å². The van der Waals surface area contributed by atoms with Gasteiger partial charge in [-0.15, -0.1) is 23.1 Å². The fraction of sp³-hybridized carbons (Fsp3) is 0.100. The van der Waals surface area contributed by atoms with Crippen molar-refractivity contribution in [2.75, 3.05) is 16.4 Å². The molecular weight excluding hydrogens is 410 g/mol. The average molecular weight is 428 g/mol. The van der Waals surface area contributed by atoms with Crippen LogP contribution < -0.4 is 10.6 Å². The van der Waals surface area contributed by atoms with Gasteiger partial charge >= 0.3 is 0 Å². The minimum Gasteiger partial charge on any atom is -0.325 e. The van der Waals surface area contributed by atoms with E-state index in [1.807, 2.05) is 11.4 Å². The Balaban J connectivity index is 1.43. The number of benzene rings is 2. The topological polar surface area (TPSA) is 101 Å². The summed E-state index contributed by atoms with van der Waals surface area (Å²) in [6.07, 6.45) is 0. The van der Waals surface area contributed by atoms with Crippen LogP contribution >= 0.6 is 23.1 Å². The Labute approximate surface area is 175 Å². The maximum absolute atomic E-state index is 12.1. The number of rotatable bonds is 8. The monoisotopic (exact) mass is 427 g/mol. The molecule has 148 valence electrons. The minimum absolute atomic E-state index is 0.0477. The maximum atomic E-state index is 12.1. The third-order valence-electron chi connectivity index (χ3n) is 3.82. The number of nitrogens with zero attached hydrogens (tertiary/aromatic N) is 1. The van der Waals surface area contributed by atoms with Crippen LogP contribution in [0.4, 0.5) is 17.1 Å². The Morgan fingerprint density at radius 3 is 2.21 bits per heavy atom. The highest BCUT2D eigenvalue weighted by Gasteiger charge is 2.08. The number of amides is 2. The Kier molecular flexibility index (Phi) is 6.99. The van der Waals surface area contributed by atoms with Crippen LogP contribution in [0.5, 0.6) is 0 Å². The molecule has 0 saturated carbocycles. The first-order chi connectivity index (χ1) is 14.0. The lowest BCUT2D eigenvalue weighted by Gasteiger charge is -2.07. The number of non-ortho nitro benzene ring substituents is 1. The largest absolute Gasteiger partial charge is 0.325 e. The zero-order valence-corrected chi connectivity index (χ0v) is 16.8. The molecule has 2 N–H and O–H groups in total. The minimum atomic E-state index is -0.441. The Morgan fingerprint density at radius 1 is 0.966 bits per heavy atom. The van der Waals surface area contributed by atoms with E-state index in [1.165, 1.54) is 35.2 Å². The number of thioether (sulfide) groups is 1. The molecule has 9 heteroatoms. The number of nitro groups is 1. The van der Waals surface area contributed by atoms with Gasteiger partial charge in [0.15, 0.2) is 0 Å². The Morgan fingerprint density at radius 2 is 1.62 bits per heavy atom. The number of nitrogens with one attached hydrogen (secondary N) is 2. The van der Waals surface area contributed by atoms with E-state index >= 15 is 0 Å². The molecular formula is C20H17N3O4S2. The number of carbonyl (C=O) groups is 2. The second-order valence-corrected chi connectivity index (χ2v) is 7.91. The molecule has 2 aromatic carbocycles. The van der Waals surface area contributed by atoms with Crippen LogP contribution in [0.1, 0.15) is 15.2 Å². The molecule has 0 fully saturated rings. The molecule has 0 spiro atoms. The van der Waals surface area contributed by atoms with Gasteiger partial charge in [0.05, 0.1) is 15.6 Å². The molecule has 0 aliphatic heterocycles. The van der Waals surface area contributed by atoms with Crippen molar-refractivity contribution in [2.24, 2.45) is 0 Å². The first kappa shape index (κ1) is 20.6. The molecule has 29 heavy (non-hydrogen) atoms.